The standard InChI is InChI=1S/C16H20BrNO/c17-11-4-5-12(18-9-11)8-16(19)7-10-6-15(16)14-3-1-2-13(10)14/h4-5,9-10,13-15,19H,1-3,6-8H2. The molecule has 1 aromatic rings. The Hall–Kier alpha value is -0.410. The van der Waals surface area contributed by atoms with Gasteiger partial charge in [0.05, 0.1) is 5.60 Å². The average molecular weight is 322 g/mol. The second-order valence-electron chi connectivity index (χ2n) is 6.81. The molecule has 1 N–H and O–H groups in total. The van der Waals surface area contributed by atoms with Gasteiger partial charge in [0.25, 0.3) is 0 Å². The van der Waals surface area contributed by atoms with Crippen molar-refractivity contribution in [1.29, 1.82) is 0 Å². The summed E-state index contributed by atoms with van der Waals surface area (Å²) in [5.74, 6) is 3.07. The normalized spacial score (nSPS) is 43.7. The van der Waals surface area contributed by atoms with Crippen LogP contribution >= 0.6 is 15.9 Å². The first-order valence-corrected chi connectivity index (χ1v) is 8.28. The Bertz CT molecular complexity index is 488. The van der Waals surface area contributed by atoms with Gasteiger partial charge in [0, 0.05) is 22.8 Å². The van der Waals surface area contributed by atoms with Crippen LogP contribution in [0.3, 0.4) is 0 Å². The lowest BCUT2D eigenvalue weighted by atomic mass is 9.71. The van der Waals surface area contributed by atoms with E-state index >= 15 is 0 Å². The maximum absolute atomic E-state index is 11.1. The van der Waals surface area contributed by atoms with Crippen LogP contribution in [0.25, 0.3) is 0 Å². The van der Waals surface area contributed by atoms with E-state index in [-0.39, 0.29) is 0 Å². The highest BCUT2D eigenvalue weighted by atomic mass is 79.9. The molecule has 3 aliphatic rings. The monoisotopic (exact) mass is 321 g/mol. The Morgan fingerprint density at radius 1 is 1.32 bits per heavy atom. The van der Waals surface area contributed by atoms with Crippen molar-refractivity contribution in [2.24, 2.45) is 23.7 Å². The summed E-state index contributed by atoms with van der Waals surface area (Å²) in [6.45, 7) is 0. The third-order valence-electron chi connectivity index (χ3n) is 5.89. The van der Waals surface area contributed by atoms with Crippen molar-refractivity contribution in [3.63, 3.8) is 0 Å². The van der Waals surface area contributed by atoms with Gasteiger partial charge in [0.2, 0.25) is 0 Å². The van der Waals surface area contributed by atoms with Crippen LogP contribution in [0.4, 0.5) is 0 Å². The summed E-state index contributed by atoms with van der Waals surface area (Å²) in [6, 6.07) is 4.07. The summed E-state index contributed by atoms with van der Waals surface area (Å²) in [6.07, 6.45) is 9.00. The minimum atomic E-state index is -0.475. The van der Waals surface area contributed by atoms with E-state index in [4.69, 9.17) is 0 Å². The van der Waals surface area contributed by atoms with Crippen LogP contribution in [0.1, 0.15) is 37.8 Å². The highest BCUT2D eigenvalue weighted by molar-refractivity contribution is 9.10. The number of hydrogen-bond acceptors (Lipinski definition) is 2. The Morgan fingerprint density at radius 2 is 2.16 bits per heavy atom. The third-order valence-corrected chi connectivity index (χ3v) is 6.35. The first-order valence-electron chi connectivity index (χ1n) is 7.48. The third kappa shape index (κ3) is 1.89. The summed E-state index contributed by atoms with van der Waals surface area (Å²) in [4.78, 5) is 4.45. The average Bonchev–Trinajstić information content (AvgIpc) is 3.02. The molecule has 0 aliphatic heterocycles. The van der Waals surface area contributed by atoms with E-state index in [0.717, 1.165) is 40.8 Å². The maximum atomic E-state index is 11.1. The molecule has 4 rings (SSSR count). The zero-order chi connectivity index (χ0) is 13.0. The number of aromatic nitrogens is 1. The number of hydrogen-bond donors (Lipinski definition) is 1. The fourth-order valence-corrected chi connectivity index (χ4v) is 5.50. The first-order chi connectivity index (χ1) is 9.16. The van der Waals surface area contributed by atoms with Gasteiger partial charge in [-0.1, -0.05) is 6.42 Å². The molecule has 3 heteroatoms. The van der Waals surface area contributed by atoms with Crippen molar-refractivity contribution >= 4 is 15.9 Å². The zero-order valence-electron chi connectivity index (χ0n) is 11.1. The van der Waals surface area contributed by atoms with Gasteiger partial charge in [-0.3, -0.25) is 4.98 Å². The Kier molecular flexibility index (Phi) is 2.79. The number of halogens is 1. The van der Waals surface area contributed by atoms with E-state index in [9.17, 15) is 5.11 Å². The molecule has 1 aromatic heterocycles. The molecule has 0 amide bonds. The maximum Gasteiger partial charge on any atom is 0.0736 e. The lowest BCUT2D eigenvalue weighted by Gasteiger charge is -2.39. The van der Waals surface area contributed by atoms with Crippen molar-refractivity contribution in [3.8, 4) is 0 Å². The predicted molar refractivity (Wildman–Crippen MR) is 77.6 cm³/mol. The molecule has 0 spiro atoms. The van der Waals surface area contributed by atoms with Gasteiger partial charge in [-0.05, 0) is 77.4 Å². The fraction of sp³-hybridized carbons (Fsp3) is 0.688. The molecule has 19 heavy (non-hydrogen) atoms. The predicted octanol–water partition coefficient (Wildman–Crippen LogP) is 3.57. The van der Waals surface area contributed by atoms with E-state index in [1.807, 2.05) is 18.3 Å². The number of pyridine rings is 1. The van der Waals surface area contributed by atoms with Crippen LogP contribution in [0.2, 0.25) is 0 Å². The van der Waals surface area contributed by atoms with E-state index in [1.165, 1.54) is 25.7 Å². The molecule has 3 aliphatic carbocycles. The number of nitrogens with zero attached hydrogens (tertiary/aromatic N) is 1. The van der Waals surface area contributed by atoms with Crippen molar-refractivity contribution in [2.75, 3.05) is 0 Å². The largest absolute Gasteiger partial charge is 0.389 e. The topological polar surface area (TPSA) is 33.1 Å². The lowest BCUT2D eigenvalue weighted by molar-refractivity contribution is -0.0457. The molecular formula is C16H20BrNO. The quantitative estimate of drug-likeness (QED) is 0.903. The molecule has 0 saturated heterocycles. The Labute approximate surface area is 122 Å². The summed E-state index contributed by atoms with van der Waals surface area (Å²) in [5.41, 5.74) is 0.560. The molecule has 5 unspecified atom stereocenters. The van der Waals surface area contributed by atoms with Gasteiger partial charge in [0.1, 0.15) is 0 Å². The van der Waals surface area contributed by atoms with Gasteiger partial charge >= 0.3 is 0 Å². The number of fused-ring (bicyclic) bond motifs is 5. The molecule has 3 fully saturated rings. The number of aliphatic hydroxyl groups is 1. The van der Waals surface area contributed by atoms with Gasteiger partial charge in [0.15, 0.2) is 0 Å². The second kappa shape index (κ2) is 4.29. The van der Waals surface area contributed by atoms with Crippen LogP contribution in [0.15, 0.2) is 22.8 Å². The highest BCUT2D eigenvalue weighted by Gasteiger charge is 2.60. The molecule has 2 nitrogen and oxygen atoms in total. The fourth-order valence-electron chi connectivity index (χ4n) is 5.26. The Balaban J connectivity index is 1.56. The van der Waals surface area contributed by atoms with E-state index < -0.39 is 5.60 Å². The van der Waals surface area contributed by atoms with Gasteiger partial charge in [-0.15, -0.1) is 0 Å². The van der Waals surface area contributed by atoms with Gasteiger partial charge in [-0.25, -0.2) is 0 Å². The molecule has 2 bridgehead atoms. The summed E-state index contributed by atoms with van der Waals surface area (Å²) in [5, 5.41) is 11.1. The molecule has 102 valence electrons. The van der Waals surface area contributed by atoms with Crippen LogP contribution in [-0.2, 0) is 6.42 Å². The van der Waals surface area contributed by atoms with Gasteiger partial charge < -0.3 is 5.11 Å². The molecule has 5 atom stereocenters. The molecule has 3 saturated carbocycles. The Morgan fingerprint density at radius 3 is 2.95 bits per heavy atom. The van der Waals surface area contributed by atoms with Crippen molar-refractivity contribution in [2.45, 2.75) is 44.1 Å². The molecule has 0 aromatic carbocycles. The molecular weight excluding hydrogens is 302 g/mol. The van der Waals surface area contributed by atoms with E-state index in [1.54, 1.807) is 0 Å². The van der Waals surface area contributed by atoms with Crippen molar-refractivity contribution < 1.29 is 5.11 Å². The zero-order valence-corrected chi connectivity index (χ0v) is 12.6. The van der Waals surface area contributed by atoms with Crippen LogP contribution < -0.4 is 0 Å². The smallest absolute Gasteiger partial charge is 0.0736 e. The van der Waals surface area contributed by atoms with Crippen LogP contribution in [-0.4, -0.2) is 15.7 Å². The highest BCUT2D eigenvalue weighted by Crippen LogP contribution is 2.62. The van der Waals surface area contributed by atoms with Gasteiger partial charge in [-0.2, -0.15) is 0 Å². The minimum Gasteiger partial charge on any atom is -0.389 e. The number of rotatable bonds is 2. The van der Waals surface area contributed by atoms with Crippen LogP contribution in [0.5, 0.6) is 0 Å². The van der Waals surface area contributed by atoms with Crippen molar-refractivity contribution in [1.82, 2.24) is 4.98 Å². The van der Waals surface area contributed by atoms with E-state index in [0.29, 0.717) is 5.92 Å². The lowest BCUT2D eigenvalue weighted by Crippen LogP contribution is -2.43. The summed E-state index contributed by atoms with van der Waals surface area (Å²) in [7, 11) is 0. The van der Waals surface area contributed by atoms with E-state index in [2.05, 4.69) is 20.9 Å². The van der Waals surface area contributed by atoms with Crippen LogP contribution in [0, 0.1) is 23.7 Å². The SMILES string of the molecule is OC1(Cc2ccc(Br)cn2)CC2CC1C1CCCC21. The second-order valence-corrected chi connectivity index (χ2v) is 7.73. The summed E-state index contributed by atoms with van der Waals surface area (Å²) >= 11 is 3.42. The van der Waals surface area contributed by atoms with Crippen molar-refractivity contribution in [3.05, 3.63) is 28.5 Å². The first kappa shape index (κ1) is 12.3. The summed E-state index contributed by atoms with van der Waals surface area (Å²) < 4.78 is 1.01. The minimum absolute atomic E-state index is 0.475. The molecule has 1 heterocycles. The molecule has 0 radical (unpaired) electrons.